The van der Waals surface area contributed by atoms with Gasteiger partial charge in [0.05, 0.1) is 0 Å². The van der Waals surface area contributed by atoms with E-state index in [1.165, 1.54) is 20.8 Å². The van der Waals surface area contributed by atoms with E-state index in [2.05, 4.69) is 0 Å². The van der Waals surface area contributed by atoms with E-state index in [0.717, 1.165) is 0 Å². The summed E-state index contributed by atoms with van der Waals surface area (Å²) in [6.45, 7) is 6.09. The highest BCUT2D eigenvalue weighted by Gasteiger charge is 2.42. The second-order valence-electron chi connectivity index (χ2n) is 4.20. The molecule has 1 atom stereocenters. The second kappa shape index (κ2) is 3.44. The Morgan fingerprint density at radius 3 is 2.21 bits per heavy atom. The molecule has 0 aromatic rings. The monoisotopic (exact) mass is 204 g/mol. The molecular weight excluding hydrogens is 189 g/mol. The van der Waals surface area contributed by atoms with Gasteiger partial charge in [-0.25, -0.2) is 13.2 Å². The van der Waals surface area contributed by atoms with Crippen LogP contribution in [0.15, 0.2) is 22.8 Å². The smallest absolute Gasteiger partial charge is 0.161 e. The van der Waals surface area contributed by atoms with Gasteiger partial charge in [-0.1, -0.05) is 20.8 Å². The van der Waals surface area contributed by atoms with Crippen molar-refractivity contribution in [1.29, 1.82) is 0 Å². The van der Waals surface area contributed by atoms with Crippen molar-refractivity contribution < 1.29 is 13.2 Å². The van der Waals surface area contributed by atoms with Crippen LogP contribution in [-0.2, 0) is 0 Å². The number of hydrogen-bond donors (Lipinski definition) is 0. The number of alkyl halides is 1. The molecule has 0 fully saturated rings. The molecule has 0 amide bonds. The zero-order chi connectivity index (χ0) is 11.1. The third kappa shape index (κ3) is 1.39. The Bertz CT molecular complexity index is 310. The Morgan fingerprint density at radius 1 is 1.29 bits per heavy atom. The quantitative estimate of drug-likeness (QED) is 0.599. The van der Waals surface area contributed by atoms with Gasteiger partial charge in [0.25, 0.3) is 0 Å². The van der Waals surface area contributed by atoms with Gasteiger partial charge in [0.1, 0.15) is 11.7 Å². The van der Waals surface area contributed by atoms with Crippen molar-refractivity contribution in [2.45, 2.75) is 40.3 Å². The molecule has 3 heteroatoms. The predicted octanol–water partition coefficient (Wildman–Crippen LogP) is 4.24. The highest BCUT2D eigenvalue weighted by Crippen LogP contribution is 2.46. The van der Waals surface area contributed by atoms with Gasteiger partial charge in [-0.05, 0) is 18.9 Å². The molecule has 0 heterocycles. The molecule has 0 bridgehead atoms. The Hall–Kier alpha value is -0.730. The van der Waals surface area contributed by atoms with Crippen molar-refractivity contribution in [2.75, 3.05) is 0 Å². The fourth-order valence-corrected chi connectivity index (χ4v) is 1.88. The minimum Gasteiger partial charge on any atom is -0.239 e. The first-order chi connectivity index (χ1) is 6.34. The minimum atomic E-state index is -1.73. The van der Waals surface area contributed by atoms with E-state index in [-0.39, 0.29) is 5.57 Å². The molecule has 1 aliphatic carbocycles. The van der Waals surface area contributed by atoms with Crippen molar-refractivity contribution in [2.24, 2.45) is 5.41 Å². The van der Waals surface area contributed by atoms with Gasteiger partial charge in [-0.2, -0.15) is 0 Å². The van der Waals surface area contributed by atoms with E-state index in [1.807, 2.05) is 0 Å². The van der Waals surface area contributed by atoms with Crippen LogP contribution < -0.4 is 0 Å². The molecule has 1 rings (SSSR count). The summed E-state index contributed by atoms with van der Waals surface area (Å²) in [5, 5.41) is 0. The average Bonchev–Trinajstić information content (AvgIpc) is 2.13. The van der Waals surface area contributed by atoms with Gasteiger partial charge in [0, 0.05) is 11.0 Å². The van der Waals surface area contributed by atoms with Crippen LogP contribution >= 0.6 is 0 Å². The third-order valence-corrected chi connectivity index (χ3v) is 2.94. The van der Waals surface area contributed by atoms with Crippen molar-refractivity contribution >= 4 is 0 Å². The van der Waals surface area contributed by atoms with Crippen LogP contribution in [0, 0.1) is 5.41 Å². The maximum Gasteiger partial charge on any atom is 0.161 e. The first kappa shape index (κ1) is 11.3. The number of rotatable bonds is 1. The third-order valence-electron chi connectivity index (χ3n) is 2.94. The average molecular weight is 204 g/mol. The highest BCUT2D eigenvalue weighted by atomic mass is 19.2. The van der Waals surface area contributed by atoms with Crippen LogP contribution in [0.25, 0.3) is 0 Å². The van der Waals surface area contributed by atoms with E-state index < -0.39 is 23.2 Å². The summed E-state index contributed by atoms with van der Waals surface area (Å²) in [5.74, 6) is -1.55. The van der Waals surface area contributed by atoms with E-state index >= 15 is 0 Å². The summed E-state index contributed by atoms with van der Waals surface area (Å²) in [6, 6.07) is 0. The van der Waals surface area contributed by atoms with Gasteiger partial charge in [0.15, 0.2) is 6.17 Å². The first-order valence-corrected chi connectivity index (χ1v) is 4.73. The fraction of sp³-hybridized carbons (Fsp3) is 0.636. The second-order valence-corrected chi connectivity index (χ2v) is 4.20. The predicted molar refractivity (Wildman–Crippen MR) is 50.9 cm³/mol. The van der Waals surface area contributed by atoms with E-state index in [4.69, 9.17) is 0 Å². The van der Waals surface area contributed by atoms with Gasteiger partial charge in [-0.3, -0.25) is 0 Å². The van der Waals surface area contributed by atoms with Gasteiger partial charge < -0.3 is 0 Å². The van der Waals surface area contributed by atoms with E-state index in [1.54, 1.807) is 6.92 Å². The molecule has 0 saturated carbocycles. The molecule has 0 nitrogen and oxygen atoms in total. The summed E-state index contributed by atoms with van der Waals surface area (Å²) in [4.78, 5) is 0. The first-order valence-electron chi connectivity index (χ1n) is 4.73. The zero-order valence-corrected chi connectivity index (χ0v) is 8.92. The lowest BCUT2D eigenvalue weighted by Crippen LogP contribution is -2.32. The van der Waals surface area contributed by atoms with Crippen LogP contribution in [-0.4, -0.2) is 6.17 Å². The molecule has 80 valence electrons. The molecular formula is C11H15F3. The summed E-state index contributed by atoms with van der Waals surface area (Å²) in [6.07, 6.45) is -1.32. The Kier molecular flexibility index (Phi) is 2.79. The maximum absolute atomic E-state index is 13.6. The van der Waals surface area contributed by atoms with Gasteiger partial charge >= 0.3 is 0 Å². The molecule has 1 aliphatic rings. The topological polar surface area (TPSA) is 0 Å². The molecule has 0 aliphatic heterocycles. The molecule has 0 N–H and O–H groups in total. The van der Waals surface area contributed by atoms with Crippen molar-refractivity contribution in [3.05, 3.63) is 22.8 Å². The molecule has 0 radical (unpaired) electrons. The lowest BCUT2D eigenvalue weighted by atomic mass is 9.73. The maximum atomic E-state index is 13.6. The van der Waals surface area contributed by atoms with Crippen molar-refractivity contribution in [3.8, 4) is 0 Å². The van der Waals surface area contributed by atoms with Crippen LogP contribution in [0.3, 0.4) is 0 Å². The standard InChI is InChI=1S/C11H15F3/c1-5-7-8(12)6(2)9(13)10(14)11(7,3)4/h10H,5H2,1-4H3. The van der Waals surface area contributed by atoms with Crippen LogP contribution in [0.2, 0.25) is 0 Å². The normalized spacial score (nSPS) is 27.2. The molecule has 0 saturated heterocycles. The van der Waals surface area contributed by atoms with E-state index in [9.17, 15) is 13.2 Å². The highest BCUT2D eigenvalue weighted by molar-refractivity contribution is 5.41. The lowest BCUT2D eigenvalue weighted by Gasteiger charge is -2.35. The number of allylic oxidation sites excluding steroid dienone is 4. The largest absolute Gasteiger partial charge is 0.239 e. The Morgan fingerprint density at radius 2 is 1.79 bits per heavy atom. The summed E-state index contributed by atoms with van der Waals surface area (Å²) in [5.41, 5.74) is -0.889. The van der Waals surface area contributed by atoms with Gasteiger partial charge in [-0.15, -0.1) is 0 Å². The Balaban J connectivity index is 3.35. The van der Waals surface area contributed by atoms with Crippen molar-refractivity contribution in [1.82, 2.24) is 0 Å². The fourth-order valence-electron chi connectivity index (χ4n) is 1.88. The van der Waals surface area contributed by atoms with Crippen LogP contribution in [0.5, 0.6) is 0 Å². The minimum absolute atomic E-state index is 0.186. The van der Waals surface area contributed by atoms with Crippen molar-refractivity contribution in [3.63, 3.8) is 0 Å². The van der Waals surface area contributed by atoms with Gasteiger partial charge in [0.2, 0.25) is 0 Å². The summed E-state index contributed by atoms with van der Waals surface area (Å²) < 4.78 is 40.4. The number of hydrogen-bond acceptors (Lipinski definition) is 0. The molecule has 14 heavy (non-hydrogen) atoms. The SMILES string of the molecule is CCC1=C(F)C(C)=C(F)C(F)C1(C)C. The zero-order valence-electron chi connectivity index (χ0n) is 8.92. The summed E-state index contributed by atoms with van der Waals surface area (Å²) in [7, 11) is 0. The lowest BCUT2D eigenvalue weighted by molar-refractivity contribution is 0.170. The van der Waals surface area contributed by atoms with E-state index in [0.29, 0.717) is 12.0 Å². The Labute approximate surface area is 82.5 Å². The summed E-state index contributed by atoms with van der Waals surface area (Å²) >= 11 is 0. The van der Waals surface area contributed by atoms with Crippen LogP contribution in [0.1, 0.15) is 34.1 Å². The number of halogens is 3. The molecule has 0 spiro atoms. The molecule has 0 aromatic carbocycles. The van der Waals surface area contributed by atoms with Crippen LogP contribution in [0.4, 0.5) is 13.2 Å². The molecule has 0 aromatic heterocycles. The molecule has 1 unspecified atom stereocenters.